The van der Waals surface area contributed by atoms with Crippen molar-refractivity contribution in [1.29, 1.82) is 0 Å². The Balaban J connectivity index is 1.29. The molecule has 2 aliphatic heterocycles. The van der Waals surface area contributed by atoms with Crippen molar-refractivity contribution in [3.8, 4) is 11.1 Å². The van der Waals surface area contributed by atoms with Gasteiger partial charge in [-0.15, -0.1) is 0 Å². The summed E-state index contributed by atoms with van der Waals surface area (Å²) in [7, 11) is 0. The molecule has 0 saturated carbocycles. The minimum atomic E-state index is -0.162. The predicted molar refractivity (Wildman–Crippen MR) is 237 cm³/mol. The highest BCUT2D eigenvalue weighted by Gasteiger charge is 2.37. The van der Waals surface area contributed by atoms with Crippen LogP contribution in [0.25, 0.3) is 17.2 Å². The normalized spacial score (nSPS) is 17.3. The molecule has 0 atom stereocenters. The first-order valence-corrected chi connectivity index (χ1v) is 20.0. The van der Waals surface area contributed by atoms with Crippen LogP contribution in [0.15, 0.2) is 175 Å². The molecule has 3 heterocycles. The summed E-state index contributed by atoms with van der Waals surface area (Å²) in [5, 5.41) is 0. The minimum absolute atomic E-state index is 0.162. The van der Waals surface area contributed by atoms with Gasteiger partial charge in [0, 0.05) is 35.7 Å². The lowest BCUT2D eigenvalue weighted by atomic mass is 9.73. The van der Waals surface area contributed by atoms with Crippen molar-refractivity contribution in [2.75, 3.05) is 9.80 Å². The standard InChI is InChI=1S/C52H50N4/c1-6-18-41(19-7-2)55-48-27-16-15-26-45(48)52(4,5)46-32-30-39(34-49(46)55)43-25-17-28-47-44(43)36-42(31-29-37-21-11-9-12-22-37)56(47)51-35-40(53-50(54-51)20-8-3)33-38-23-13-10-14-24-38/h6,8-21,23-32,34-35H,7,22,33,36H2,1-5H3/b18-6-,20-8+,37-29-,41-19+,42-31+. The maximum atomic E-state index is 5.17. The fraction of sp³-hybridized carbons (Fsp3) is 0.192. The van der Waals surface area contributed by atoms with E-state index in [0.29, 0.717) is 5.82 Å². The van der Waals surface area contributed by atoms with Crippen LogP contribution in [0.2, 0.25) is 0 Å². The topological polar surface area (TPSA) is 32.3 Å². The SMILES string of the molecule is C/C=C\C(=C/CC)N1c2ccccc2C(C)(C)c2ccc(-c3cccc4c3C/C(=C\C=C3\C=CC=CC3)N4c3cc(Cc4ccccc4)nc(/C=C/C)n3)cc21. The summed E-state index contributed by atoms with van der Waals surface area (Å²) >= 11 is 0. The van der Waals surface area contributed by atoms with Crippen LogP contribution in [0.5, 0.6) is 0 Å². The summed E-state index contributed by atoms with van der Waals surface area (Å²) in [6.07, 6.45) is 27.3. The van der Waals surface area contributed by atoms with E-state index in [9.17, 15) is 0 Å². The lowest BCUT2D eigenvalue weighted by molar-refractivity contribution is 0.630. The minimum Gasteiger partial charge on any atom is -0.310 e. The van der Waals surface area contributed by atoms with Crippen LogP contribution in [-0.4, -0.2) is 9.97 Å². The number of anilines is 4. The van der Waals surface area contributed by atoms with Gasteiger partial charge in [-0.3, -0.25) is 4.90 Å². The Hall–Kier alpha value is -6.26. The summed E-state index contributed by atoms with van der Waals surface area (Å²) in [4.78, 5) is 15.0. The number of aromatic nitrogens is 2. The Kier molecular flexibility index (Phi) is 10.4. The summed E-state index contributed by atoms with van der Waals surface area (Å²) in [5.41, 5.74) is 15.8. The number of rotatable bonds is 9. The van der Waals surface area contributed by atoms with Crippen molar-refractivity contribution in [3.63, 3.8) is 0 Å². The van der Waals surface area contributed by atoms with Crippen molar-refractivity contribution in [1.82, 2.24) is 9.97 Å². The molecule has 0 amide bonds. The molecule has 0 bridgehead atoms. The molecule has 0 fully saturated rings. The number of hydrogen-bond acceptors (Lipinski definition) is 4. The third-order valence-corrected chi connectivity index (χ3v) is 11.0. The van der Waals surface area contributed by atoms with Gasteiger partial charge >= 0.3 is 0 Å². The highest BCUT2D eigenvalue weighted by Crippen LogP contribution is 2.52. The van der Waals surface area contributed by atoms with Crippen LogP contribution in [-0.2, 0) is 18.3 Å². The Morgan fingerprint density at radius 1 is 0.786 bits per heavy atom. The molecule has 5 aromatic rings. The van der Waals surface area contributed by atoms with Gasteiger partial charge in [-0.05, 0) is 102 Å². The van der Waals surface area contributed by atoms with Crippen molar-refractivity contribution in [2.24, 2.45) is 0 Å². The first kappa shape index (κ1) is 36.7. The predicted octanol–water partition coefficient (Wildman–Crippen LogP) is 13.4. The number of hydrogen-bond donors (Lipinski definition) is 0. The highest BCUT2D eigenvalue weighted by molar-refractivity contribution is 5.88. The third kappa shape index (κ3) is 7.04. The van der Waals surface area contributed by atoms with Gasteiger partial charge in [0.05, 0.1) is 22.8 Å². The molecular formula is C52H50N4. The molecule has 8 rings (SSSR count). The first-order chi connectivity index (χ1) is 27.4. The average molecular weight is 731 g/mol. The van der Waals surface area contributed by atoms with Crippen LogP contribution < -0.4 is 9.80 Å². The van der Waals surface area contributed by atoms with Crippen molar-refractivity contribution < 1.29 is 0 Å². The molecule has 4 heteroatoms. The number of allylic oxidation sites excluding steroid dienone is 12. The summed E-state index contributed by atoms with van der Waals surface area (Å²) in [6.45, 7) is 11.1. The summed E-state index contributed by atoms with van der Waals surface area (Å²) < 4.78 is 0. The lowest BCUT2D eigenvalue weighted by Crippen LogP contribution is -2.32. The van der Waals surface area contributed by atoms with Gasteiger partial charge in [0.1, 0.15) is 5.82 Å². The van der Waals surface area contributed by atoms with Crippen molar-refractivity contribution >= 4 is 29.0 Å². The number of para-hydroxylation sites is 1. The first-order valence-electron chi connectivity index (χ1n) is 20.0. The summed E-state index contributed by atoms with van der Waals surface area (Å²) in [5.74, 6) is 1.60. The average Bonchev–Trinajstić information content (AvgIpc) is 3.60. The molecule has 0 N–H and O–H groups in total. The van der Waals surface area contributed by atoms with Gasteiger partial charge in [-0.2, -0.15) is 0 Å². The Labute approximate surface area is 333 Å². The second kappa shape index (κ2) is 15.8. The van der Waals surface area contributed by atoms with Crippen molar-refractivity contribution in [2.45, 2.75) is 65.7 Å². The van der Waals surface area contributed by atoms with Crippen LogP contribution in [0.4, 0.5) is 22.9 Å². The van der Waals surface area contributed by atoms with Gasteiger partial charge in [-0.1, -0.05) is 142 Å². The Morgan fingerprint density at radius 3 is 2.38 bits per heavy atom. The zero-order valence-electron chi connectivity index (χ0n) is 33.2. The van der Waals surface area contributed by atoms with Gasteiger partial charge in [0.25, 0.3) is 0 Å². The third-order valence-electron chi connectivity index (χ3n) is 11.0. The van der Waals surface area contributed by atoms with Gasteiger partial charge in [0.2, 0.25) is 0 Å². The molecule has 278 valence electrons. The van der Waals surface area contributed by atoms with E-state index in [0.717, 1.165) is 42.9 Å². The number of nitrogens with zero attached hydrogens (tertiary/aromatic N) is 4. The molecule has 4 aromatic carbocycles. The maximum absolute atomic E-state index is 5.17. The van der Waals surface area contributed by atoms with Crippen molar-refractivity contribution in [3.05, 3.63) is 209 Å². The van der Waals surface area contributed by atoms with Crippen LogP contribution in [0, 0.1) is 0 Å². The van der Waals surface area contributed by atoms with E-state index in [1.165, 1.54) is 61.7 Å². The zero-order valence-corrected chi connectivity index (χ0v) is 33.2. The van der Waals surface area contributed by atoms with E-state index in [-0.39, 0.29) is 5.41 Å². The second-order valence-corrected chi connectivity index (χ2v) is 15.2. The molecule has 0 unspecified atom stereocenters. The monoisotopic (exact) mass is 730 g/mol. The van der Waals surface area contributed by atoms with Crippen LogP contribution in [0.1, 0.15) is 81.2 Å². The zero-order chi connectivity index (χ0) is 38.6. The second-order valence-electron chi connectivity index (χ2n) is 15.2. The quantitative estimate of drug-likeness (QED) is 0.141. The van der Waals surface area contributed by atoms with Crippen LogP contribution in [0.3, 0.4) is 0 Å². The number of fused-ring (bicyclic) bond motifs is 3. The summed E-state index contributed by atoms with van der Waals surface area (Å²) in [6, 6.07) is 35.5. The van der Waals surface area contributed by atoms with Gasteiger partial charge < -0.3 is 4.90 Å². The molecular weight excluding hydrogens is 681 g/mol. The van der Waals surface area contributed by atoms with E-state index in [4.69, 9.17) is 9.97 Å². The Morgan fingerprint density at radius 2 is 1.59 bits per heavy atom. The molecule has 56 heavy (non-hydrogen) atoms. The van der Waals surface area contributed by atoms with Gasteiger partial charge in [0.15, 0.2) is 5.82 Å². The molecule has 3 aliphatic rings. The van der Waals surface area contributed by atoms with Crippen LogP contribution >= 0.6 is 0 Å². The highest BCUT2D eigenvalue weighted by atomic mass is 15.2. The maximum Gasteiger partial charge on any atom is 0.154 e. The van der Waals surface area contributed by atoms with E-state index >= 15 is 0 Å². The molecule has 1 aliphatic carbocycles. The molecule has 0 spiro atoms. The molecule has 1 aromatic heterocycles. The largest absolute Gasteiger partial charge is 0.310 e. The fourth-order valence-electron chi connectivity index (χ4n) is 8.43. The smallest absolute Gasteiger partial charge is 0.154 e. The molecule has 0 saturated heterocycles. The molecule has 0 radical (unpaired) electrons. The fourth-order valence-corrected chi connectivity index (χ4v) is 8.43. The Bertz CT molecular complexity index is 2490. The van der Waals surface area contributed by atoms with E-state index < -0.39 is 0 Å². The van der Waals surface area contributed by atoms with Gasteiger partial charge in [-0.25, -0.2) is 9.97 Å². The van der Waals surface area contributed by atoms with E-state index in [1.807, 2.05) is 19.1 Å². The van der Waals surface area contributed by atoms with E-state index in [1.54, 1.807) is 0 Å². The molecule has 4 nitrogen and oxygen atoms in total. The van der Waals surface area contributed by atoms with E-state index in [2.05, 4.69) is 189 Å². The lowest BCUT2D eigenvalue weighted by Gasteiger charge is -2.42. The number of benzene rings is 4.